The van der Waals surface area contributed by atoms with Gasteiger partial charge in [-0.1, -0.05) is 0 Å². The molecule has 2 aromatic heterocycles. The molecule has 1 aliphatic rings. The number of ether oxygens (including phenoxy) is 2. The van der Waals surface area contributed by atoms with Crippen LogP contribution >= 0.6 is 0 Å². The largest absolute Gasteiger partial charge is 0.387 e. The molecular weight excluding hydrogens is 292 g/mol. The normalized spacial score (nSPS) is 31.5. The Kier molecular flexibility index (Phi) is 3.42. The molecular formula is C12H14N6O4. The number of nitriles is 1. The minimum absolute atomic E-state index is 0.165. The second-order valence-electron chi connectivity index (χ2n) is 4.97. The molecule has 0 spiro atoms. The highest BCUT2D eigenvalue weighted by molar-refractivity contribution is 5.58. The number of aliphatic hydroxyl groups is 2. The van der Waals surface area contributed by atoms with Crippen molar-refractivity contribution in [3.8, 4) is 6.07 Å². The second-order valence-corrected chi connectivity index (χ2v) is 4.97. The molecule has 3 heterocycles. The number of nitrogens with zero attached hydrogens (tertiary/aromatic N) is 5. The van der Waals surface area contributed by atoms with Gasteiger partial charge < -0.3 is 25.4 Å². The summed E-state index contributed by atoms with van der Waals surface area (Å²) >= 11 is 0. The van der Waals surface area contributed by atoms with Gasteiger partial charge in [-0.3, -0.25) is 0 Å². The maximum absolute atomic E-state index is 10.3. The van der Waals surface area contributed by atoms with Crippen LogP contribution in [0.1, 0.15) is 11.8 Å². The van der Waals surface area contributed by atoms with Gasteiger partial charge in [0.2, 0.25) is 5.60 Å². The van der Waals surface area contributed by atoms with E-state index in [1.807, 2.05) is 6.07 Å². The van der Waals surface area contributed by atoms with Gasteiger partial charge in [-0.15, -0.1) is 0 Å². The molecule has 10 nitrogen and oxygen atoms in total. The van der Waals surface area contributed by atoms with E-state index in [0.717, 1.165) is 0 Å². The Labute approximate surface area is 124 Å². The molecule has 116 valence electrons. The number of anilines is 1. The lowest BCUT2D eigenvalue weighted by atomic mass is 9.96. The highest BCUT2D eigenvalue weighted by atomic mass is 16.6. The van der Waals surface area contributed by atoms with E-state index in [2.05, 4.69) is 15.1 Å². The van der Waals surface area contributed by atoms with Crippen LogP contribution in [0.15, 0.2) is 12.5 Å². The Morgan fingerprint density at radius 3 is 3.00 bits per heavy atom. The Balaban J connectivity index is 2.05. The molecule has 4 N–H and O–H groups in total. The predicted octanol–water partition coefficient (Wildman–Crippen LogP) is -1.59. The molecule has 0 aliphatic carbocycles. The van der Waals surface area contributed by atoms with E-state index in [9.17, 15) is 15.5 Å². The minimum Gasteiger partial charge on any atom is -0.387 e. The summed E-state index contributed by atoms with van der Waals surface area (Å²) in [5, 5.41) is 33.7. The van der Waals surface area contributed by atoms with E-state index in [-0.39, 0.29) is 12.4 Å². The van der Waals surface area contributed by atoms with E-state index in [0.29, 0.717) is 11.3 Å². The number of nitrogen functional groups attached to an aromatic ring is 1. The van der Waals surface area contributed by atoms with Crippen LogP contribution in [0.5, 0.6) is 0 Å². The number of hydrogen-bond donors (Lipinski definition) is 3. The fourth-order valence-electron chi connectivity index (χ4n) is 2.55. The molecule has 1 saturated heterocycles. The average Bonchev–Trinajstić information content (AvgIpc) is 3.04. The Hall–Kier alpha value is -2.32. The summed E-state index contributed by atoms with van der Waals surface area (Å²) in [7, 11) is 1.37. The maximum Gasteiger partial charge on any atom is 0.206 e. The van der Waals surface area contributed by atoms with E-state index in [4.69, 9.17) is 15.2 Å². The van der Waals surface area contributed by atoms with Crippen molar-refractivity contribution in [3.63, 3.8) is 0 Å². The number of hydrogen-bond acceptors (Lipinski definition) is 9. The van der Waals surface area contributed by atoms with Gasteiger partial charge in [0.15, 0.2) is 11.5 Å². The van der Waals surface area contributed by atoms with E-state index in [1.54, 1.807) is 0 Å². The summed E-state index contributed by atoms with van der Waals surface area (Å²) in [4.78, 5) is 7.88. The Morgan fingerprint density at radius 1 is 1.55 bits per heavy atom. The molecule has 22 heavy (non-hydrogen) atoms. The Bertz CT molecular complexity index is 743. The van der Waals surface area contributed by atoms with Gasteiger partial charge in [0, 0.05) is 7.11 Å². The molecule has 2 aromatic rings. The first-order valence-electron chi connectivity index (χ1n) is 6.42. The summed E-state index contributed by atoms with van der Waals surface area (Å²) in [6.07, 6.45) is -1.15. The summed E-state index contributed by atoms with van der Waals surface area (Å²) in [6.45, 7) is -0.188. The van der Waals surface area contributed by atoms with Crippen molar-refractivity contribution in [3.05, 3.63) is 18.2 Å². The van der Waals surface area contributed by atoms with Gasteiger partial charge in [0.05, 0.1) is 18.5 Å². The number of aliphatic hydroxyl groups excluding tert-OH is 2. The SMILES string of the molecule is COC[C@@]1(C#N)O[C@@H](c2cnc3c(N)ncnn23)[C@H](O)[C@@H]1O. The van der Waals surface area contributed by atoms with E-state index in [1.165, 1.54) is 24.1 Å². The molecule has 0 amide bonds. The fourth-order valence-corrected chi connectivity index (χ4v) is 2.55. The monoisotopic (exact) mass is 306 g/mol. The van der Waals surface area contributed by atoms with Crippen molar-refractivity contribution >= 4 is 11.5 Å². The molecule has 0 radical (unpaired) electrons. The van der Waals surface area contributed by atoms with Crippen LogP contribution in [0.3, 0.4) is 0 Å². The second kappa shape index (κ2) is 5.15. The van der Waals surface area contributed by atoms with Gasteiger partial charge in [-0.25, -0.2) is 14.5 Å². The first kappa shape index (κ1) is 14.6. The molecule has 10 heteroatoms. The maximum atomic E-state index is 10.3. The van der Waals surface area contributed by atoms with Crippen LogP contribution in [0, 0.1) is 11.3 Å². The van der Waals surface area contributed by atoms with Crippen molar-refractivity contribution in [1.29, 1.82) is 5.26 Å². The van der Waals surface area contributed by atoms with Crippen LogP contribution in [-0.2, 0) is 9.47 Å². The lowest BCUT2D eigenvalue weighted by molar-refractivity contribution is -0.0837. The standard InChI is InChI=1S/C12H14N6O4/c1-21-4-12(3-13)9(20)7(19)8(22-12)6-2-15-11-10(14)16-5-17-18(6)11/h2,5,7-9,19-20H,4H2,1H3,(H2,14,16,17)/t7-,8-,9-,12+/m0/s1. The van der Waals surface area contributed by atoms with Crippen LogP contribution in [0.4, 0.5) is 5.82 Å². The number of imidazole rings is 1. The summed E-state index contributed by atoms with van der Waals surface area (Å²) in [5.41, 5.74) is 4.68. The van der Waals surface area contributed by atoms with Crippen molar-refractivity contribution in [1.82, 2.24) is 19.6 Å². The topological polar surface area (TPSA) is 152 Å². The number of rotatable bonds is 3. The van der Waals surface area contributed by atoms with Crippen molar-refractivity contribution in [2.24, 2.45) is 0 Å². The highest BCUT2D eigenvalue weighted by Crippen LogP contribution is 2.40. The number of aromatic nitrogens is 4. The number of methoxy groups -OCH3 is 1. The summed E-state index contributed by atoms with van der Waals surface area (Å²) in [5.74, 6) is 0.165. The predicted molar refractivity (Wildman–Crippen MR) is 71.3 cm³/mol. The molecule has 0 aromatic carbocycles. The zero-order chi connectivity index (χ0) is 15.9. The molecule has 0 bridgehead atoms. The van der Waals surface area contributed by atoms with E-state index < -0.39 is 23.9 Å². The highest BCUT2D eigenvalue weighted by Gasteiger charge is 2.56. The summed E-state index contributed by atoms with van der Waals surface area (Å²) in [6, 6.07) is 1.87. The smallest absolute Gasteiger partial charge is 0.206 e. The molecule has 1 fully saturated rings. The van der Waals surface area contributed by atoms with Crippen LogP contribution < -0.4 is 5.73 Å². The first-order chi connectivity index (χ1) is 10.5. The van der Waals surface area contributed by atoms with Crippen LogP contribution in [-0.4, -0.2) is 61.3 Å². The molecule has 0 unspecified atom stereocenters. The van der Waals surface area contributed by atoms with Crippen molar-refractivity contribution in [2.45, 2.75) is 23.9 Å². The van der Waals surface area contributed by atoms with Crippen LogP contribution in [0.25, 0.3) is 5.65 Å². The van der Waals surface area contributed by atoms with Crippen LogP contribution in [0.2, 0.25) is 0 Å². The molecule has 0 saturated carbocycles. The lowest BCUT2D eigenvalue weighted by Crippen LogP contribution is -2.45. The fraction of sp³-hybridized carbons (Fsp3) is 0.500. The molecule has 3 rings (SSSR count). The van der Waals surface area contributed by atoms with Crippen molar-refractivity contribution < 1.29 is 19.7 Å². The van der Waals surface area contributed by atoms with Gasteiger partial charge in [0.1, 0.15) is 30.7 Å². The van der Waals surface area contributed by atoms with E-state index >= 15 is 0 Å². The molecule has 4 atom stereocenters. The third kappa shape index (κ3) is 1.92. The number of fused-ring (bicyclic) bond motifs is 1. The quantitative estimate of drug-likeness (QED) is 0.609. The van der Waals surface area contributed by atoms with Gasteiger partial charge in [-0.2, -0.15) is 10.4 Å². The average molecular weight is 306 g/mol. The first-order valence-corrected chi connectivity index (χ1v) is 6.42. The zero-order valence-corrected chi connectivity index (χ0v) is 11.6. The number of nitrogens with two attached hydrogens (primary N) is 1. The van der Waals surface area contributed by atoms with Crippen molar-refractivity contribution in [2.75, 3.05) is 19.5 Å². The molecule has 1 aliphatic heterocycles. The zero-order valence-electron chi connectivity index (χ0n) is 11.6. The summed E-state index contributed by atoms with van der Waals surface area (Å²) < 4.78 is 11.9. The van der Waals surface area contributed by atoms with Gasteiger partial charge in [0.25, 0.3) is 0 Å². The third-order valence-corrected chi connectivity index (χ3v) is 3.65. The third-order valence-electron chi connectivity index (χ3n) is 3.65. The van der Waals surface area contributed by atoms with Gasteiger partial charge >= 0.3 is 0 Å². The Morgan fingerprint density at radius 2 is 2.32 bits per heavy atom. The van der Waals surface area contributed by atoms with Gasteiger partial charge in [-0.05, 0) is 0 Å². The minimum atomic E-state index is -1.67. The lowest BCUT2D eigenvalue weighted by Gasteiger charge is -2.23.